The summed E-state index contributed by atoms with van der Waals surface area (Å²) in [5.74, 6) is 0.316. The van der Waals surface area contributed by atoms with Crippen LogP contribution in [0.15, 0.2) is 0 Å². The van der Waals surface area contributed by atoms with Gasteiger partial charge in [-0.15, -0.1) is 0 Å². The van der Waals surface area contributed by atoms with Gasteiger partial charge in [0.15, 0.2) is 0 Å². The number of rotatable bonds is 5. The molecule has 0 spiro atoms. The van der Waals surface area contributed by atoms with E-state index in [2.05, 4.69) is 19.2 Å². The second kappa shape index (κ2) is 6.24. The van der Waals surface area contributed by atoms with Crippen LogP contribution >= 0.6 is 0 Å². The minimum atomic E-state index is -0.167. The largest absolute Gasteiger partial charge is 0.345 e. The SMILES string of the molecule is CCCCCN(C)C(=O)C1(C)CCCNC1. The fourth-order valence-electron chi connectivity index (χ4n) is 2.40. The highest BCUT2D eigenvalue weighted by molar-refractivity contribution is 5.82. The first-order chi connectivity index (χ1) is 7.60. The van der Waals surface area contributed by atoms with Crippen LogP contribution in [0.25, 0.3) is 0 Å². The Labute approximate surface area is 99.6 Å². The van der Waals surface area contributed by atoms with E-state index < -0.39 is 0 Å². The molecule has 0 bridgehead atoms. The van der Waals surface area contributed by atoms with Gasteiger partial charge in [-0.05, 0) is 32.7 Å². The molecule has 3 heteroatoms. The predicted molar refractivity (Wildman–Crippen MR) is 67.4 cm³/mol. The van der Waals surface area contributed by atoms with Gasteiger partial charge in [0.1, 0.15) is 0 Å². The Morgan fingerprint density at radius 3 is 2.75 bits per heavy atom. The number of hydrogen-bond donors (Lipinski definition) is 1. The van der Waals surface area contributed by atoms with E-state index in [1.165, 1.54) is 12.8 Å². The van der Waals surface area contributed by atoms with Gasteiger partial charge in [0.25, 0.3) is 0 Å². The topological polar surface area (TPSA) is 32.3 Å². The smallest absolute Gasteiger partial charge is 0.229 e. The molecule has 0 aliphatic carbocycles. The molecule has 1 fully saturated rings. The van der Waals surface area contributed by atoms with Gasteiger partial charge in [0.2, 0.25) is 5.91 Å². The van der Waals surface area contributed by atoms with Gasteiger partial charge in [-0.3, -0.25) is 4.79 Å². The number of amides is 1. The van der Waals surface area contributed by atoms with Gasteiger partial charge < -0.3 is 10.2 Å². The first-order valence-electron chi connectivity index (χ1n) is 6.56. The average Bonchev–Trinajstić information content (AvgIpc) is 2.29. The van der Waals surface area contributed by atoms with Crippen LogP contribution in [-0.4, -0.2) is 37.5 Å². The Bertz CT molecular complexity index is 222. The van der Waals surface area contributed by atoms with Crippen molar-refractivity contribution in [2.75, 3.05) is 26.7 Å². The first-order valence-corrected chi connectivity index (χ1v) is 6.56. The Kier molecular flexibility index (Phi) is 5.26. The van der Waals surface area contributed by atoms with Crippen LogP contribution in [0.3, 0.4) is 0 Å². The third-order valence-electron chi connectivity index (χ3n) is 3.56. The lowest BCUT2D eigenvalue weighted by molar-refractivity contribution is -0.140. The van der Waals surface area contributed by atoms with Crippen molar-refractivity contribution in [3.05, 3.63) is 0 Å². The second-order valence-corrected chi connectivity index (χ2v) is 5.27. The number of nitrogens with zero attached hydrogens (tertiary/aromatic N) is 1. The highest BCUT2D eigenvalue weighted by Gasteiger charge is 2.36. The van der Waals surface area contributed by atoms with E-state index in [-0.39, 0.29) is 5.41 Å². The predicted octanol–water partition coefficient (Wildman–Crippen LogP) is 2.02. The van der Waals surface area contributed by atoms with E-state index >= 15 is 0 Å². The molecule has 0 saturated carbocycles. The van der Waals surface area contributed by atoms with Crippen molar-refractivity contribution in [2.45, 2.75) is 46.0 Å². The summed E-state index contributed by atoms with van der Waals surface area (Å²) in [6.07, 6.45) is 5.69. The van der Waals surface area contributed by atoms with E-state index in [9.17, 15) is 4.79 Å². The van der Waals surface area contributed by atoms with Gasteiger partial charge in [0.05, 0.1) is 5.41 Å². The molecule has 94 valence electrons. The Balaban J connectivity index is 2.41. The van der Waals surface area contributed by atoms with Crippen LogP contribution < -0.4 is 5.32 Å². The van der Waals surface area contributed by atoms with Crippen molar-refractivity contribution in [2.24, 2.45) is 5.41 Å². The zero-order valence-electron chi connectivity index (χ0n) is 11.0. The molecule has 0 aromatic rings. The normalized spacial score (nSPS) is 25.4. The molecule has 3 nitrogen and oxygen atoms in total. The van der Waals surface area contributed by atoms with Crippen LogP contribution in [0.2, 0.25) is 0 Å². The van der Waals surface area contributed by atoms with Crippen molar-refractivity contribution >= 4 is 5.91 Å². The van der Waals surface area contributed by atoms with Gasteiger partial charge >= 0.3 is 0 Å². The van der Waals surface area contributed by atoms with Crippen LogP contribution in [0, 0.1) is 5.41 Å². The highest BCUT2D eigenvalue weighted by atomic mass is 16.2. The zero-order valence-corrected chi connectivity index (χ0v) is 11.0. The average molecular weight is 226 g/mol. The summed E-state index contributed by atoms with van der Waals surface area (Å²) in [6, 6.07) is 0. The summed E-state index contributed by atoms with van der Waals surface area (Å²) in [5, 5.41) is 3.33. The standard InChI is InChI=1S/C13H26N2O/c1-4-5-6-10-15(3)12(16)13(2)8-7-9-14-11-13/h14H,4-11H2,1-3H3. The summed E-state index contributed by atoms with van der Waals surface area (Å²) in [4.78, 5) is 14.2. The van der Waals surface area contributed by atoms with Crippen molar-refractivity contribution < 1.29 is 4.79 Å². The quantitative estimate of drug-likeness (QED) is 0.727. The molecule has 1 heterocycles. The molecule has 1 atom stereocenters. The Morgan fingerprint density at radius 2 is 2.19 bits per heavy atom. The second-order valence-electron chi connectivity index (χ2n) is 5.27. The molecule has 1 rings (SSSR count). The molecule has 1 aliphatic heterocycles. The minimum absolute atomic E-state index is 0.167. The maximum Gasteiger partial charge on any atom is 0.229 e. The van der Waals surface area contributed by atoms with E-state index in [1.807, 2.05) is 11.9 Å². The van der Waals surface area contributed by atoms with Crippen molar-refractivity contribution in [1.29, 1.82) is 0 Å². The molecule has 1 amide bonds. The number of carbonyl (C=O) groups excluding carboxylic acids is 1. The van der Waals surface area contributed by atoms with E-state index in [1.54, 1.807) is 0 Å². The van der Waals surface area contributed by atoms with Gasteiger partial charge in [-0.2, -0.15) is 0 Å². The molecular formula is C13H26N2O. The molecule has 16 heavy (non-hydrogen) atoms. The lowest BCUT2D eigenvalue weighted by Gasteiger charge is -2.36. The van der Waals surface area contributed by atoms with Gasteiger partial charge in [-0.25, -0.2) is 0 Å². The summed E-state index contributed by atoms with van der Waals surface area (Å²) in [7, 11) is 1.94. The molecular weight excluding hydrogens is 200 g/mol. The third-order valence-corrected chi connectivity index (χ3v) is 3.56. The third kappa shape index (κ3) is 3.48. The van der Waals surface area contributed by atoms with Gasteiger partial charge in [-0.1, -0.05) is 19.8 Å². The number of piperidine rings is 1. The van der Waals surface area contributed by atoms with E-state index in [0.717, 1.165) is 38.9 Å². The van der Waals surface area contributed by atoms with Crippen molar-refractivity contribution in [3.63, 3.8) is 0 Å². The summed E-state index contributed by atoms with van der Waals surface area (Å²) in [5.41, 5.74) is -0.167. The van der Waals surface area contributed by atoms with Crippen LogP contribution in [-0.2, 0) is 4.79 Å². The zero-order chi connectivity index (χ0) is 12.0. The lowest BCUT2D eigenvalue weighted by atomic mass is 9.81. The Morgan fingerprint density at radius 1 is 1.44 bits per heavy atom. The van der Waals surface area contributed by atoms with Crippen LogP contribution in [0.5, 0.6) is 0 Å². The highest BCUT2D eigenvalue weighted by Crippen LogP contribution is 2.27. The minimum Gasteiger partial charge on any atom is -0.345 e. The maximum absolute atomic E-state index is 12.3. The molecule has 0 aromatic heterocycles. The molecule has 1 aliphatic rings. The maximum atomic E-state index is 12.3. The molecule has 0 aromatic carbocycles. The molecule has 0 radical (unpaired) electrons. The molecule has 1 unspecified atom stereocenters. The number of hydrogen-bond acceptors (Lipinski definition) is 2. The fraction of sp³-hybridized carbons (Fsp3) is 0.923. The Hall–Kier alpha value is -0.570. The number of carbonyl (C=O) groups is 1. The summed E-state index contributed by atoms with van der Waals surface area (Å²) in [6.45, 7) is 7.08. The van der Waals surface area contributed by atoms with Crippen LogP contribution in [0.4, 0.5) is 0 Å². The molecule has 1 saturated heterocycles. The first kappa shape index (κ1) is 13.5. The fourth-order valence-corrected chi connectivity index (χ4v) is 2.40. The number of nitrogens with one attached hydrogen (secondary N) is 1. The summed E-state index contributed by atoms with van der Waals surface area (Å²) < 4.78 is 0. The monoisotopic (exact) mass is 226 g/mol. The summed E-state index contributed by atoms with van der Waals surface area (Å²) >= 11 is 0. The van der Waals surface area contributed by atoms with Crippen LogP contribution in [0.1, 0.15) is 46.0 Å². The van der Waals surface area contributed by atoms with Crippen molar-refractivity contribution in [1.82, 2.24) is 10.2 Å². The van der Waals surface area contributed by atoms with E-state index in [4.69, 9.17) is 0 Å². The van der Waals surface area contributed by atoms with Gasteiger partial charge in [0, 0.05) is 20.1 Å². The number of unbranched alkanes of at least 4 members (excludes halogenated alkanes) is 2. The van der Waals surface area contributed by atoms with E-state index in [0.29, 0.717) is 5.91 Å². The lowest BCUT2D eigenvalue weighted by Crippen LogP contribution is -2.49. The van der Waals surface area contributed by atoms with Crippen molar-refractivity contribution in [3.8, 4) is 0 Å². The molecule has 1 N–H and O–H groups in total.